The van der Waals surface area contributed by atoms with Crippen molar-refractivity contribution in [2.45, 2.75) is 0 Å². The fourth-order valence-corrected chi connectivity index (χ4v) is 1.10. The summed E-state index contributed by atoms with van der Waals surface area (Å²) in [6.45, 7) is 0. The number of hydrogen-bond acceptors (Lipinski definition) is 7. The van der Waals surface area contributed by atoms with Gasteiger partial charge in [-0.1, -0.05) is 0 Å². The van der Waals surface area contributed by atoms with Crippen LogP contribution < -0.4 is 276 Å². The van der Waals surface area contributed by atoms with Crippen LogP contribution in [0, 0.1) is 0 Å². The van der Waals surface area contributed by atoms with Gasteiger partial charge in [-0.15, -0.1) is 0 Å². The number of phosphoric acid groups is 2. The zero-order valence-electron chi connectivity index (χ0n) is 8.75. The van der Waals surface area contributed by atoms with Gasteiger partial charge in [0.2, 0.25) is 0 Å². The molecule has 7 nitrogen and oxygen atoms in total. The average Bonchev–Trinajstić information content (AvgIpc) is 1.14. The van der Waals surface area contributed by atoms with Crippen molar-refractivity contribution in [3.63, 3.8) is 0 Å². The number of hydrogen-bond donors (Lipinski definition) is 0. The summed E-state index contributed by atoms with van der Waals surface area (Å²) < 4.78 is 21.2. The third-order valence-corrected chi connectivity index (χ3v) is 1.80. The van der Waals surface area contributed by atoms with Gasteiger partial charge in [0.05, 0.1) is 15.6 Å². The maximum absolute atomic E-state index is 9.32. The predicted molar refractivity (Wildman–Crippen MR) is 16.3 cm³/mol. The van der Waals surface area contributed by atoms with Crippen LogP contribution in [-0.2, 0) is 13.4 Å². The van der Waals surface area contributed by atoms with E-state index >= 15 is 0 Å². The first-order valence-electron chi connectivity index (χ1n) is 1.46. The van der Waals surface area contributed by atoms with Crippen LogP contribution in [0.2, 0.25) is 0 Å². The first-order chi connectivity index (χ1) is 3.71. The smallest absolute Gasteiger partial charge is 0.790 e. The third-order valence-electron chi connectivity index (χ3n) is 0.200. The predicted octanol–water partition coefficient (Wildman–Crippen LogP) is -18.3. The second kappa shape index (κ2) is 19.5. The van der Waals surface area contributed by atoms with Crippen molar-refractivity contribution >= 4 is 15.6 Å². The van der Waals surface area contributed by atoms with E-state index in [-0.39, 0.29) is 257 Å². The van der Waals surface area contributed by atoms with Gasteiger partial charge in [-0.05, 0) is 0 Å². The normalized spacial score (nSPS) is 8.86. The Labute approximate surface area is 294 Å². The Morgan fingerprint density at radius 2 is 0.786 bits per heavy atom. The van der Waals surface area contributed by atoms with Crippen molar-refractivity contribution in [1.29, 1.82) is 0 Å². The molecule has 0 saturated heterocycles. The Morgan fingerprint density at radius 3 is 0.786 bits per heavy atom. The van der Waals surface area contributed by atoms with Gasteiger partial charge < -0.3 is 33.0 Å². The molecule has 0 saturated carbocycles. The summed E-state index contributed by atoms with van der Waals surface area (Å²) in [6, 6.07) is 0. The zero-order chi connectivity index (χ0) is 7.71. The van der Waals surface area contributed by atoms with Gasteiger partial charge in [0.25, 0.3) is 0 Å². The molecule has 0 aliphatic rings. The molecular weight excluding hydrogens is 369 g/mol. The zero-order valence-corrected chi connectivity index (χ0v) is 26.2. The molecule has 0 N–H and O–H groups in total. The van der Waals surface area contributed by atoms with Gasteiger partial charge in [0.15, 0.2) is 0 Å². The average molecular weight is 369 g/mol. The van der Waals surface area contributed by atoms with E-state index in [1.54, 1.807) is 0 Å². The van der Waals surface area contributed by atoms with Gasteiger partial charge in [-0.3, -0.25) is 0 Å². The van der Waals surface area contributed by atoms with Gasteiger partial charge in [-0.25, -0.2) is 0 Å². The minimum atomic E-state index is -5.68. The second-order valence-electron chi connectivity index (χ2n) is 0.976. The molecule has 0 fully saturated rings. The van der Waals surface area contributed by atoms with Crippen molar-refractivity contribution in [3.05, 3.63) is 0 Å². The summed E-state index contributed by atoms with van der Waals surface area (Å²) in [5.41, 5.74) is 0. The topological polar surface area (TPSA) is 136 Å². The van der Waals surface area contributed by atoms with E-state index in [0.717, 1.165) is 0 Å². The molecule has 0 aliphatic carbocycles. The number of rotatable bonds is 2. The largest absolute Gasteiger partial charge is 1.00 e. The Bertz CT molecular complexity index is 161. The fourth-order valence-electron chi connectivity index (χ4n) is 0.122. The van der Waals surface area contributed by atoms with Crippen LogP contribution >= 0.6 is 15.6 Å². The quantitative estimate of drug-likeness (QED) is 0.348. The molecule has 0 aromatic rings. The van der Waals surface area contributed by atoms with Crippen molar-refractivity contribution in [2.24, 2.45) is 0 Å². The van der Waals surface area contributed by atoms with E-state index in [4.69, 9.17) is 0 Å². The van der Waals surface area contributed by atoms with Crippen molar-refractivity contribution in [2.75, 3.05) is 0 Å². The first-order valence-corrected chi connectivity index (χ1v) is 4.38. The molecule has 14 heteroatoms. The molecule has 14 heavy (non-hydrogen) atoms. The van der Waals surface area contributed by atoms with Crippen LogP contribution in [0.25, 0.3) is 0 Å². The van der Waals surface area contributed by atoms with Crippen LogP contribution in [0.5, 0.6) is 0 Å². The molecule has 0 aromatic carbocycles. The van der Waals surface area contributed by atoms with Crippen LogP contribution in [0.4, 0.5) is 0 Å². The SMILES string of the molecule is O=P([O-])([O-])OP(=O)([O-])[O-].[K+].[K+].[K+].[K+].[K+]. The molecule has 0 atom stereocenters. The van der Waals surface area contributed by atoms with Gasteiger partial charge in [-0.2, -0.15) is 0 Å². The molecule has 0 heterocycles. The maximum Gasteiger partial charge on any atom is 1.00 e. The Morgan fingerprint density at radius 1 is 0.643 bits per heavy atom. The van der Waals surface area contributed by atoms with Crippen molar-refractivity contribution < 1.29 is 290 Å². The van der Waals surface area contributed by atoms with Gasteiger partial charge in [0, 0.05) is 0 Å². The summed E-state index contributed by atoms with van der Waals surface area (Å²) >= 11 is 0. The maximum atomic E-state index is 9.32. The van der Waals surface area contributed by atoms with Crippen LogP contribution in [-0.4, -0.2) is 0 Å². The molecule has 0 rings (SSSR count). The molecule has 0 amide bonds. The van der Waals surface area contributed by atoms with Crippen molar-refractivity contribution in [3.8, 4) is 0 Å². The van der Waals surface area contributed by atoms with Crippen LogP contribution in [0.1, 0.15) is 0 Å². The third kappa shape index (κ3) is 37.0. The van der Waals surface area contributed by atoms with Crippen LogP contribution in [0.15, 0.2) is 0 Å². The Balaban J connectivity index is -0.0000000320. The molecule has 56 valence electrons. The van der Waals surface area contributed by atoms with E-state index in [1.807, 2.05) is 0 Å². The first kappa shape index (κ1) is 38.2. The minimum Gasteiger partial charge on any atom is -0.790 e. The minimum absolute atomic E-state index is 0. The summed E-state index contributed by atoms with van der Waals surface area (Å²) in [4.78, 5) is 37.3. The Hall–Kier alpha value is 8.44. The summed E-state index contributed by atoms with van der Waals surface area (Å²) in [5, 5.41) is 0. The molecule has 0 bridgehead atoms. The van der Waals surface area contributed by atoms with E-state index in [2.05, 4.69) is 4.31 Å². The molecule has 0 aromatic heterocycles. The summed E-state index contributed by atoms with van der Waals surface area (Å²) in [6.07, 6.45) is 0. The molecular formula is K5O7P2+. The molecule has 0 unspecified atom stereocenters. The monoisotopic (exact) mass is 369 g/mol. The van der Waals surface area contributed by atoms with E-state index in [0.29, 0.717) is 0 Å². The summed E-state index contributed by atoms with van der Waals surface area (Å²) in [5.74, 6) is 0. The fraction of sp³-hybridized carbons (Fsp3) is 0. The van der Waals surface area contributed by atoms with Gasteiger partial charge >= 0.3 is 257 Å². The summed E-state index contributed by atoms with van der Waals surface area (Å²) in [7, 11) is -11.4. The van der Waals surface area contributed by atoms with E-state index < -0.39 is 15.6 Å². The van der Waals surface area contributed by atoms with Crippen LogP contribution in [0.3, 0.4) is 0 Å². The molecule has 0 spiro atoms. The van der Waals surface area contributed by atoms with E-state index in [9.17, 15) is 28.7 Å². The second-order valence-corrected chi connectivity index (χ2v) is 3.42. The van der Waals surface area contributed by atoms with Crippen molar-refractivity contribution in [1.82, 2.24) is 0 Å². The standard InChI is InChI=1S/5K.H4O7P2/c;;;;;1-8(2,3)7-9(4,5)6/h;;;;;(H2,1,2,3)(H2,4,5,6)/q5*+1;/p-4. The molecule has 0 radical (unpaired) electrons. The molecule has 0 aliphatic heterocycles. The van der Waals surface area contributed by atoms with Gasteiger partial charge in [0.1, 0.15) is 0 Å². The Kier molecular flexibility index (Phi) is 53.1. The van der Waals surface area contributed by atoms with E-state index in [1.165, 1.54) is 0 Å².